The number of carbonyl (C=O) groups is 1. The number of aldehydes is 1. The number of hydrogen-bond acceptors (Lipinski definition) is 2. The number of rotatable bonds is 2. The molecule has 0 radical (unpaired) electrons. The third-order valence-corrected chi connectivity index (χ3v) is 2.57. The number of aromatic nitrogens is 2. The first-order valence-electron chi connectivity index (χ1n) is 4.40. The molecule has 3 nitrogen and oxygen atoms in total. The lowest BCUT2D eigenvalue weighted by Crippen LogP contribution is -1.97. The monoisotopic (exact) mass is 164 g/mol. The van der Waals surface area contributed by atoms with Gasteiger partial charge in [-0.05, 0) is 12.8 Å². The Bertz CT molecular complexity index is 274. The summed E-state index contributed by atoms with van der Waals surface area (Å²) in [5, 5.41) is 0. The van der Waals surface area contributed by atoms with E-state index >= 15 is 0 Å². The van der Waals surface area contributed by atoms with Crippen molar-refractivity contribution in [1.82, 2.24) is 9.97 Å². The SMILES string of the molecule is O=Cc1nc[nH]c1C1CCCC1. The first kappa shape index (κ1) is 7.53. The van der Waals surface area contributed by atoms with E-state index < -0.39 is 0 Å². The van der Waals surface area contributed by atoms with Gasteiger partial charge in [-0.3, -0.25) is 4.79 Å². The van der Waals surface area contributed by atoms with Crippen LogP contribution in [0, 0.1) is 0 Å². The molecule has 0 spiro atoms. The highest BCUT2D eigenvalue weighted by molar-refractivity contribution is 5.73. The zero-order valence-corrected chi connectivity index (χ0v) is 6.92. The van der Waals surface area contributed by atoms with Crippen molar-refractivity contribution >= 4 is 6.29 Å². The van der Waals surface area contributed by atoms with Gasteiger partial charge in [0.05, 0.1) is 6.33 Å². The third-order valence-electron chi connectivity index (χ3n) is 2.57. The van der Waals surface area contributed by atoms with Crippen LogP contribution in [0.1, 0.15) is 47.8 Å². The van der Waals surface area contributed by atoms with Gasteiger partial charge in [0.15, 0.2) is 6.29 Å². The second kappa shape index (κ2) is 3.09. The molecule has 1 aromatic heterocycles. The maximum Gasteiger partial charge on any atom is 0.170 e. The Hall–Kier alpha value is -1.12. The first-order chi connectivity index (χ1) is 5.92. The van der Waals surface area contributed by atoms with Crippen molar-refractivity contribution in [1.29, 1.82) is 0 Å². The van der Waals surface area contributed by atoms with Gasteiger partial charge in [0.2, 0.25) is 0 Å². The molecule has 1 fully saturated rings. The lowest BCUT2D eigenvalue weighted by molar-refractivity contribution is 0.111. The molecule has 0 atom stereocenters. The highest BCUT2D eigenvalue weighted by atomic mass is 16.1. The van der Waals surface area contributed by atoms with Gasteiger partial charge in [-0.2, -0.15) is 0 Å². The predicted molar refractivity (Wildman–Crippen MR) is 45.2 cm³/mol. The van der Waals surface area contributed by atoms with Gasteiger partial charge in [0.25, 0.3) is 0 Å². The number of hydrogen-bond donors (Lipinski definition) is 1. The van der Waals surface area contributed by atoms with Gasteiger partial charge in [0.1, 0.15) is 5.69 Å². The Morgan fingerprint density at radius 1 is 1.50 bits per heavy atom. The smallest absolute Gasteiger partial charge is 0.170 e. The molecule has 0 aliphatic heterocycles. The Kier molecular flexibility index (Phi) is 1.94. The Morgan fingerprint density at radius 2 is 2.25 bits per heavy atom. The largest absolute Gasteiger partial charge is 0.348 e. The second-order valence-electron chi connectivity index (χ2n) is 3.30. The number of nitrogens with zero attached hydrogens (tertiary/aromatic N) is 1. The Labute approximate surface area is 71.2 Å². The topological polar surface area (TPSA) is 45.8 Å². The van der Waals surface area contributed by atoms with Crippen molar-refractivity contribution in [3.63, 3.8) is 0 Å². The first-order valence-corrected chi connectivity index (χ1v) is 4.40. The fraction of sp³-hybridized carbons (Fsp3) is 0.556. The van der Waals surface area contributed by atoms with Crippen LogP contribution >= 0.6 is 0 Å². The summed E-state index contributed by atoms with van der Waals surface area (Å²) in [6.45, 7) is 0. The maximum atomic E-state index is 10.6. The van der Waals surface area contributed by atoms with Crippen molar-refractivity contribution < 1.29 is 4.79 Å². The molecule has 1 heterocycles. The molecule has 1 aliphatic carbocycles. The van der Waals surface area contributed by atoms with Crippen molar-refractivity contribution in [3.05, 3.63) is 17.7 Å². The fourth-order valence-corrected chi connectivity index (χ4v) is 1.95. The number of aromatic amines is 1. The van der Waals surface area contributed by atoms with Gasteiger partial charge in [-0.25, -0.2) is 4.98 Å². The molecule has 2 rings (SSSR count). The van der Waals surface area contributed by atoms with E-state index in [0.29, 0.717) is 11.6 Å². The Balaban J connectivity index is 2.25. The molecule has 1 saturated carbocycles. The highest BCUT2D eigenvalue weighted by Crippen LogP contribution is 2.33. The van der Waals surface area contributed by atoms with E-state index in [4.69, 9.17) is 0 Å². The quantitative estimate of drug-likeness (QED) is 0.678. The van der Waals surface area contributed by atoms with Crippen LogP contribution in [-0.2, 0) is 0 Å². The molecular formula is C9H12N2O. The van der Waals surface area contributed by atoms with E-state index in [1.54, 1.807) is 6.33 Å². The van der Waals surface area contributed by atoms with Gasteiger partial charge >= 0.3 is 0 Å². The molecule has 0 saturated heterocycles. The van der Waals surface area contributed by atoms with E-state index in [1.165, 1.54) is 25.7 Å². The second-order valence-corrected chi connectivity index (χ2v) is 3.30. The van der Waals surface area contributed by atoms with Gasteiger partial charge in [0, 0.05) is 11.6 Å². The lowest BCUT2D eigenvalue weighted by Gasteiger charge is -2.05. The summed E-state index contributed by atoms with van der Waals surface area (Å²) in [7, 11) is 0. The minimum Gasteiger partial charge on any atom is -0.348 e. The van der Waals surface area contributed by atoms with Crippen LogP contribution in [-0.4, -0.2) is 16.3 Å². The fourth-order valence-electron chi connectivity index (χ4n) is 1.95. The number of imidazole rings is 1. The highest BCUT2D eigenvalue weighted by Gasteiger charge is 2.21. The molecule has 0 bridgehead atoms. The Morgan fingerprint density at radius 3 is 2.92 bits per heavy atom. The van der Waals surface area contributed by atoms with E-state index in [9.17, 15) is 4.79 Å². The average molecular weight is 164 g/mol. The van der Waals surface area contributed by atoms with Crippen LogP contribution in [0.5, 0.6) is 0 Å². The normalized spacial score (nSPS) is 18.3. The standard InChI is InChI=1S/C9H12N2O/c12-5-8-9(11-6-10-8)7-3-1-2-4-7/h5-7H,1-4H2,(H,10,11). The van der Waals surface area contributed by atoms with Crippen molar-refractivity contribution in [2.45, 2.75) is 31.6 Å². The van der Waals surface area contributed by atoms with E-state index in [2.05, 4.69) is 9.97 Å². The average Bonchev–Trinajstić information content (AvgIpc) is 2.74. The predicted octanol–water partition coefficient (Wildman–Crippen LogP) is 1.88. The molecule has 64 valence electrons. The van der Waals surface area contributed by atoms with Crippen LogP contribution in [0.3, 0.4) is 0 Å². The summed E-state index contributed by atoms with van der Waals surface area (Å²) in [6, 6.07) is 0. The molecule has 1 aliphatic rings. The van der Waals surface area contributed by atoms with Gasteiger partial charge in [-0.1, -0.05) is 12.8 Å². The van der Waals surface area contributed by atoms with Crippen LogP contribution < -0.4 is 0 Å². The summed E-state index contributed by atoms with van der Waals surface area (Å²) in [5.41, 5.74) is 1.64. The van der Waals surface area contributed by atoms with Crippen molar-refractivity contribution in [2.75, 3.05) is 0 Å². The molecular weight excluding hydrogens is 152 g/mol. The van der Waals surface area contributed by atoms with E-state index in [-0.39, 0.29) is 0 Å². The van der Waals surface area contributed by atoms with Gasteiger partial charge < -0.3 is 4.98 Å². The minimum absolute atomic E-state index is 0.549. The minimum atomic E-state index is 0.549. The summed E-state index contributed by atoms with van der Waals surface area (Å²) < 4.78 is 0. The molecule has 3 heteroatoms. The number of nitrogens with one attached hydrogen (secondary N) is 1. The van der Waals surface area contributed by atoms with Crippen LogP contribution in [0.15, 0.2) is 6.33 Å². The molecule has 1 N–H and O–H groups in total. The summed E-state index contributed by atoms with van der Waals surface area (Å²) in [4.78, 5) is 17.6. The molecule has 0 unspecified atom stereocenters. The van der Waals surface area contributed by atoms with Crippen LogP contribution in [0.25, 0.3) is 0 Å². The summed E-state index contributed by atoms with van der Waals surface area (Å²) >= 11 is 0. The zero-order chi connectivity index (χ0) is 8.39. The van der Waals surface area contributed by atoms with Crippen molar-refractivity contribution in [3.8, 4) is 0 Å². The maximum absolute atomic E-state index is 10.6. The number of carbonyl (C=O) groups excluding carboxylic acids is 1. The van der Waals surface area contributed by atoms with E-state index in [0.717, 1.165) is 12.0 Å². The zero-order valence-electron chi connectivity index (χ0n) is 6.92. The van der Waals surface area contributed by atoms with Crippen LogP contribution in [0.4, 0.5) is 0 Å². The molecule has 1 aromatic rings. The number of H-pyrrole nitrogens is 1. The molecule has 0 aromatic carbocycles. The van der Waals surface area contributed by atoms with Crippen LogP contribution in [0.2, 0.25) is 0 Å². The van der Waals surface area contributed by atoms with Crippen molar-refractivity contribution in [2.24, 2.45) is 0 Å². The molecule has 12 heavy (non-hydrogen) atoms. The van der Waals surface area contributed by atoms with E-state index in [1.807, 2.05) is 0 Å². The molecule has 0 amide bonds. The lowest BCUT2D eigenvalue weighted by atomic mass is 10.0. The summed E-state index contributed by atoms with van der Waals surface area (Å²) in [6.07, 6.45) is 7.40. The third kappa shape index (κ3) is 1.15. The van der Waals surface area contributed by atoms with Gasteiger partial charge in [-0.15, -0.1) is 0 Å². The summed E-state index contributed by atoms with van der Waals surface area (Å²) in [5.74, 6) is 0.549.